The van der Waals surface area contributed by atoms with E-state index in [1.54, 1.807) is 10.9 Å². The number of imidazole rings is 1. The zero-order valence-electron chi connectivity index (χ0n) is 16.2. The summed E-state index contributed by atoms with van der Waals surface area (Å²) in [6, 6.07) is 5.58. The van der Waals surface area contributed by atoms with Crippen molar-refractivity contribution in [2.24, 2.45) is 0 Å². The fourth-order valence-corrected chi connectivity index (χ4v) is 3.56. The van der Waals surface area contributed by atoms with E-state index in [0.717, 1.165) is 69.0 Å². The summed E-state index contributed by atoms with van der Waals surface area (Å²) in [5, 5.41) is 15.0. The molecule has 1 saturated heterocycles. The van der Waals surface area contributed by atoms with Crippen LogP contribution in [0.5, 0.6) is 0 Å². The molecule has 1 aliphatic heterocycles. The summed E-state index contributed by atoms with van der Waals surface area (Å²) < 4.78 is 1.73. The van der Waals surface area contributed by atoms with E-state index in [-0.39, 0.29) is 5.91 Å². The molecule has 29 heavy (non-hydrogen) atoms. The summed E-state index contributed by atoms with van der Waals surface area (Å²) in [7, 11) is 0. The zero-order chi connectivity index (χ0) is 20.1. The average molecular weight is 417 g/mol. The SMILES string of the molecule is O=C(NCCCc1nc2ccc(Cl)cc2[nH]1)c1cn(CCN2CCNCC2)nn1. The Balaban J connectivity index is 1.19. The zero-order valence-corrected chi connectivity index (χ0v) is 17.0. The lowest BCUT2D eigenvalue weighted by molar-refractivity contribution is 0.0948. The first kappa shape index (κ1) is 19.8. The Morgan fingerprint density at radius 1 is 1.24 bits per heavy atom. The molecule has 0 bridgehead atoms. The van der Waals surface area contributed by atoms with Crippen LogP contribution in [0.3, 0.4) is 0 Å². The van der Waals surface area contributed by atoms with Crippen molar-refractivity contribution < 1.29 is 4.79 Å². The Hall–Kier alpha value is -2.49. The Labute approximate surface area is 173 Å². The van der Waals surface area contributed by atoms with Crippen LogP contribution >= 0.6 is 11.6 Å². The Kier molecular flexibility index (Phi) is 6.38. The molecule has 0 spiro atoms. The number of aryl methyl sites for hydroxylation is 1. The van der Waals surface area contributed by atoms with Gasteiger partial charge >= 0.3 is 0 Å². The molecule has 9 nitrogen and oxygen atoms in total. The van der Waals surface area contributed by atoms with Crippen LogP contribution in [0.15, 0.2) is 24.4 Å². The van der Waals surface area contributed by atoms with Gasteiger partial charge in [0, 0.05) is 50.7 Å². The number of amides is 1. The second kappa shape index (κ2) is 9.34. The summed E-state index contributed by atoms with van der Waals surface area (Å²) in [4.78, 5) is 22.4. The van der Waals surface area contributed by atoms with E-state index in [9.17, 15) is 4.79 Å². The van der Waals surface area contributed by atoms with Crippen LogP contribution in [0, 0.1) is 0 Å². The molecule has 4 rings (SSSR count). The number of nitrogens with one attached hydrogen (secondary N) is 3. The van der Waals surface area contributed by atoms with Crippen LogP contribution in [-0.4, -0.2) is 75.0 Å². The monoisotopic (exact) mass is 416 g/mol. The largest absolute Gasteiger partial charge is 0.351 e. The standard InChI is InChI=1S/C19H25ClN8O/c20-14-3-4-15-16(12-14)24-18(23-15)2-1-5-22-19(29)17-13-28(26-25-17)11-10-27-8-6-21-7-9-27/h3-4,12-13,21H,1-2,5-11H2,(H,22,29)(H,23,24). The predicted octanol–water partition coefficient (Wildman–Crippen LogP) is 1.08. The minimum atomic E-state index is -0.199. The van der Waals surface area contributed by atoms with E-state index in [4.69, 9.17) is 11.6 Å². The molecule has 0 atom stereocenters. The van der Waals surface area contributed by atoms with Gasteiger partial charge in [0.05, 0.1) is 23.8 Å². The van der Waals surface area contributed by atoms with Gasteiger partial charge in [-0.3, -0.25) is 14.4 Å². The van der Waals surface area contributed by atoms with Gasteiger partial charge in [0.15, 0.2) is 5.69 Å². The lowest BCUT2D eigenvalue weighted by Crippen LogP contribution is -2.44. The molecule has 0 radical (unpaired) electrons. The van der Waals surface area contributed by atoms with Crippen molar-refractivity contribution in [1.29, 1.82) is 0 Å². The minimum absolute atomic E-state index is 0.199. The predicted molar refractivity (Wildman–Crippen MR) is 111 cm³/mol. The van der Waals surface area contributed by atoms with Gasteiger partial charge < -0.3 is 15.6 Å². The van der Waals surface area contributed by atoms with Crippen LogP contribution in [0.4, 0.5) is 0 Å². The minimum Gasteiger partial charge on any atom is -0.351 e. The molecule has 0 saturated carbocycles. The van der Waals surface area contributed by atoms with Gasteiger partial charge in [0.1, 0.15) is 5.82 Å². The summed E-state index contributed by atoms with van der Waals surface area (Å²) in [5.74, 6) is 0.685. The third-order valence-corrected chi connectivity index (χ3v) is 5.23. The Bertz CT molecular complexity index is 962. The highest BCUT2D eigenvalue weighted by atomic mass is 35.5. The quantitative estimate of drug-likeness (QED) is 0.475. The van der Waals surface area contributed by atoms with E-state index >= 15 is 0 Å². The number of H-pyrrole nitrogens is 1. The number of piperazine rings is 1. The van der Waals surface area contributed by atoms with Gasteiger partial charge in [-0.15, -0.1) is 5.10 Å². The van der Waals surface area contributed by atoms with Crippen molar-refractivity contribution in [1.82, 2.24) is 40.5 Å². The van der Waals surface area contributed by atoms with Crippen molar-refractivity contribution in [3.05, 3.63) is 40.9 Å². The Morgan fingerprint density at radius 3 is 2.97 bits per heavy atom. The number of hydrogen-bond donors (Lipinski definition) is 3. The topological polar surface area (TPSA) is 104 Å². The number of hydrogen-bond acceptors (Lipinski definition) is 6. The van der Waals surface area contributed by atoms with Crippen molar-refractivity contribution in [3.63, 3.8) is 0 Å². The molecule has 3 heterocycles. The lowest BCUT2D eigenvalue weighted by atomic mass is 10.3. The van der Waals surface area contributed by atoms with Gasteiger partial charge in [-0.25, -0.2) is 4.98 Å². The molecular weight excluding hydrogens is 392 g/mol. The molecule has 1 fully saturated rings. The highest BCUT2D eigenvalue weighted by Gasteiger charge is 2.13. The van der Waals surface area contributed by atoms with Gasteiger partial charge in [0.2, 0.25) is 0 Å². The number of aromatic nitrogens is 5. The van der Waals surface area contributed by atoms with Crippen LogP contribution in [0.25, 0.3) is 11.0 Å². The average Bonchev–Trinajstić information content (AvgIpc) is 3.37. The maximum Gasteiger partial charge on any atom is 0.273 e. The number of fused-ring (bicyclic) bond motifs is 1. The summed E-state index contributed by atoms with van der Waals surface area (Å²) in [6.45, 7) is 6.32. The maximum absolute atomic E-state index is 12.3. The van der Waals surface area contributed by atoms with Crippen molar-refractivity contribution >= 4 is 28.5 Å². The molecule has 1 amide bonds. The number of aromatic amines is 1. The molecule has 154 valence electrons. The van der Waals surface area contributed by atoms with Crippen molar-refractivity contribution in [3.8, 4) is 0 Å². The molecule has 2 aromatic heterocycles. The summed E-state index contributed by atoms with van der Waals surface area (Å²) >= 11 is 6.00. The van der Waals surface area contributed by atoms with Gasteiger partial charge in [-0.05, 0) is 24.6 Å². The van der Waals surface area contributed by atoms with Gasteiger partial charge in [-0.2, -0.15) is 0 Å². The summed E-state index contributed by atoms with van der Waals surface area (Å²) in [6.07, 6.45) is 3.22. The number of benzene rings is 1. The van der Waals surface area contributed by atoms with Crippen LogP contribution in [-0.2, 0) is 13.0 Å². The smallest absolute Gasteiger partial charge is 0.273 e. The molecule has 0 aliphatic carbocycles. The molecule has 10 heteroatoms. The third-order valence-electron chi connectivity index (χ3n) is 5.00. The summed E-state index contributed by atoms with van der Waals surface area (Å²) in [5.41, 5.74) is 2.17. The molecular formula is C19H25ClN8O. The number of nitrogens with zero attached hydrogens (tertiary/aromatic N) is 5. The third kappa shape index (κ3) is 5.31. The Morgan fingerprint density at radius 2 is 2.10 bits per heavy atom. The fourth-order valence-electron chi connectivity index (χ4n) is 3.39. The maximum atomic E-state index is 12.3. The second-order valence-corrected chi connectivity index (χ2v) is 7.60. The van der Waals surface area contributed by atoms with E-state index in [1.165, 1.54) is 0 Å². The highest BCUT2D eigenvalue weighted by Crippen LogP contribution is 2.17. The van der Waals surface area contributed by atoms with E-state index in [1.807, 2.05) is 18.2 Å². The van der Waals surface area contributed by atoms with Crippen LogP contribution in [0.2, 0.25) is 5.02 Å². The van der Waals surface area contributed by atoms with E-state index in [2.05, 4.69) is 35.8 Å². The first-order chi connectivity index (χ1) is 14.2. The highest BCUT2D eigenvalue weighted by molar-refractivity contribution is 6.31. The number of carbonyl (C=O) groups is 1. The van der Waals surface area contributed by atoms with Crippen LogP contribution in [0.1, 0.15) is 22.7 Å². The van der Waals surface area contributed by atoms with Crippen molar-refractivity contribution in [2.75, 3.05) is 39.3 Å². The molecule has 3 aromatic rings. The van der Waals surface area contributed by atoms with Crippen molar-refractivity contribution in [2.45, 2.75) is 19.4 Å². The van der Waals surface area contributed by atoms with Gasteiger partial charge in [-0.1, -0.05) is 16.8 Å². The lowest BCUT2D eigenvalue weighted by Gasteiger charge is -2.26. The molecule has 3 N–H and O–H groups in total. The first-order valence-corrected chi connectivity index (χ1v) is 10.3. The van der Waals surface area contributed by atoms with Gasteiger partial charge in [0.25, 0.3) is 5.91 Å². The normalized spacial score (nSPS) is 15.1. The molecule has 1 aliphatic rings. The number of halogens is 1. The number of rotatable bonds is 8. The second-order valence-electron chi connectivity index (χ2n) is 7.16. The number of carbonyl (C=O) groups excluding carboxylic acids is 1. The molecule has 1 aromatic carbocycles. The first-order valence-electron chi connectivity index (χ1n) is 9.93. The fraction of sp³-hybridized carbons (Fsp3) is 0.474. The van der Waals surface area contributed by atoms with E-state index < -0.39 is 0 Å². The van der Waals surface area contributed by atoms with E-state index in [0.29, 0.717) is 17.3 Å². The van der Waals surface area contributed by atoms with Crippen LogP contribution < -0.4 is 10.6 Å². The molecule has 0 unspecified atom stereocenters.